The molecule has 1 aliphatic carbocycles. The summed E-state index contributed by atoms with van der Waals surface area (Å²) in [4.78, 5) is 12.3. The van der Waals surface area contributed by atoms with E-state index in [1.165, 1.54) is 10.2 Å². The van der Waals surface area contributed by atoms with Crippen molar-refractivity contribution < 1.29 is 13.2 Å². The van der Waals surface area contributed by atoms with Crippen LogP contribution in [0.25, 0.3) is 0 Å². The van der Waals surface area contributed by atoms with Crippen molar-refractivity contribution in [2.45, 2.75) is 43.9 Å². The van der Waals surface area contributed by atoms with Gasteiger partial charge in [0.25, 0.3) is 10.0 Å². The first-order chi connectivity index (χ1) is 10.2. The summed E-state index contributed by atoms with van der Waals surface area (Å²) in [5.41, 5.74) is 1.80. The fraction of sp³-hybridized carbons (Fsp3) is 0.353. The van der Waals surface area contributed by atoms with Crippen molar-refractivity contribution >= 4 is 15.8 Å². The largest absolute Gasteiger partial charge is 0.294 e. The van der Waals surface area contributed by atoms with E-state index in [-0.39, 0.29) is 16.1 Å². The molecule has 0 aliphatic heterocycles. The Hall–Kier alpha value is -1.88. The zero-order chi connectivity index (χ0) is 16.1. The van der Waals surface area contributed by atoms with Gasteiger partial charge >= 0.3 is 0 Å². The van der Waals surface area contributed by atoms with Crippen LogP contribution in [-0.2, 0) is 15.4 Å². The molecule has 116 valence electrons. The van der Waals surface area contributed by atoms with Gasteiger partial charge in [-0.3, -0.25) is 4.79 Å². The maximum atomic E-state index is 12.9. The Morgan fingerprint density at radius 1 is 1.09 bits per heavy atom. The standard InChI is InChI=1S/C17H19NO3S/c1-12-4-6-13(7-5-12)22(20,21)18-11-9-14-15(19)8-10-17(2,3)16(14)18/h4-7,9,11H,8,10H2,1-3H3. The Bertz CT molecular complexity index is 843. The lowest BCUT2D eigenvalue weighted by molar-refractivity contribution is 0.0956. The number of fused-ring (bicyclic) bond motifs is 1. The van der Waals surface area contributed by atoms with Crippen LogP contribution in [0, 0.1) is 6.92 Å². The molecular weight excluding hydrogens is 298 g/mol. The summed E-state index contributed by atoms with van der Waals surface area (Å²) >= 11 is 0. The lowest BCUT2D eigenvalue weighted by atomic mass is 9.76. The van der Waals surface area contributed by atoms with E-state index in [9.17, 15) is 13.2 Å². The Labute approximate surface area is 130 Å². The SMILES string of the molecule is Cc1ccc(S(=O)(=O)n2ccc3c2C(C)(C)CCC3=O)cc1. The molecule has 1 aromatic carbocycles. The van der Waals surface area contributed by atoms with E-state index >= 15 is 0 Å². The lowest BCUT2D eigenvalue weighted by Crippen LogP contribution is -2.31. The van der Waals surface area contributed by atoms with Gasteiger partial charge in [0.2, 0.25) is 0 Å². The zero-order valence-electron chi connectivity index (χ0n) is 13.0. The summed E-state index contributed by atoms with van der Waals surface area (Å²) in [5.74, 6) is 0.0205. The van der Waals surface area contributed by atoms with Crippen molar-refractivity contribution in [1.29, 1.82) is 0 Å². The maximum absolute atomic E-state index is 12.9. The normalized spacial score (nSPS) is 17.3. The van der Waals surface area contributed by atoms with E-state index in [2.05, 4.69) is 0 Å². The smallest absolute Gasteiger partial charge is 0.267 e. The number of benzene rings is 1. The molecule has 4 nitrogen and oxygen atoms in total. The summed E-state index contributed by atoms with van der Waals surface area (Å²) in [7, 11) is -3.68. The van der Waals surface area contributed by atoms with Gasteiger partial charge in [0.05, 0.1) is 10.6 Å². The van der Waals surface area contributed by atoms with Crippen molar-refractivity contribution in [3.05, 3.63) is 53.3 Å². The highest BCUT2D eigenvalue weighted by Crippen LogP contribution is 2.38. The summed E-state index contributed by atoms with van der Waals surface area (Å²) in [6, 6.07) is 8.39. The quantitative estimate of drug-likeness (QED) is 0.854. The van der Waals surface area contributed by atoms with Gasteiger partial charge in [-0.25, -0.2) is 12.4 Å². The van der Waals surface area contributed by atoms with Gasteiger partial charge in [0, 0.05) is 23.6 Å². The Balaban J connectivity index is 2.22. The van der Waals surface area contributed by atoms with Gasteiger partial charge in [-0.15, -0.1) is 0 Å². The second-order valence-corrected chi connectivity index (χ2v) is 8.31. The number of rotatable bonds is 2. The molecule has 0 amide bonds. The maximum Gasteiger partial charge on any atom is 0.267 e. The monoisotopic (exact) mass is 317 g/mol. The van der Waals surface area contributed by atoms with Crippen LogP contribution in [0.5, 0.6) is 0 Å². The molecule has 1 aromatic heterocycles. The number of Topliss-reactive ketones (excluding diaryl/α,β-unsaturated/α-hetero) is 1. The Morgan fingerprint density at radius 3 is 2.36 bits per heavy atom. The first-order valence-corrected chi connectivity index (χ1v) is 8.75. The van der Waals surface area contributed by atoms with Gasteiger partial charge < -0.3 is 0 Å². The molecule has 0 saturated carbocycles. The fourth-order valence-corrected chi connectivity index (χ4v) is 4.52. The molecule has 0 spiro atoms. The summed E-state index contributed by atoms with van der Waals surface area (Å²) in [6.45, 7) is 5.88. The third-order valence-electron chi connectivity index (χ3n) is 4.35. The minimum Gasteiger partial charge on any atom is -0.294 e. The molecule has 1 aliphatic rings. The van der Waals surface area contributed by atoms with Crippen LogP contribution in [0.15, 0.2) is 41.4 Å². The fourth-order valence-electron chi connectivity index (χ4n) is 3.01. The molecule has 0 saturated heterocycles. The van der Waals surface area contributed by atoms with Gasteiger partial charge in [-0.05, 0) is 31.5 Å². The van der Waals surface area contributed by atoms with Crippen LogP contribution in [0.1, 0.15) is 48.3 Å². The number of hydrogen-bond donors (Lipinski definition) is 0. The summed E-state index contributed by atoms with van der Waals surface area (Å²) in [6.07, 6.45) is 2.63. The predicted octanol–water partition coefficient (Wildman–Crippen LogP) is 3.29. The average Bonchev–Trinajstić information content (AvgIpc) is 2.91. The minimum absolute atomic E-state index is 0.0205. The van der Waals surface area contributed by atoms with E-state index in [1.807, 2.05) is 20.8 Å². The molecule has 0 bridgehead atoms. The van der Waals surface area contributed by atoms with Gasteiger partial charge in [0.15, 0.2) is 5.78 Å². The lowest BCUT2D eigenvalue weighted by Gasteiger charge is -2.31. The average molecular weight is 317 g/mol. The van der Waals surface area contributed by atoms with Crippen molar-refractivity contribution in [2.75, 3.05) is 0 Å². The highest BCUT2D eigenvalue weighted by molar-refractivity contribution is 7.90. The number of carbonyl (C=O) groups excluding carboxylic acids is 1. The van der Waals surface area contributed by atoms with Gasteiger partial charge in [0.1, 0.15) is 0 Å². The van der Waals surface area contributed by atoms with Crippen molar-refractivity contribution in [3.63, 3.8) is 0 Å². The van der Waals surface area contributed by atoms with Crippen LogP contribution < -0.4 is 0 Å². The molecule has 5 heteroatoms. The number of carbonyl (C=O) groups is 1. The van der Waals surface area contributed by atoms with E-state index in [4.69, 9.17) is 0 Å². The first-order valence-electron chi connectivity index (χ1n) is 7.31. The molecule has 0 N–H and O–H groups in total. The second kappa shape index (κ2) is 4.81. The zero-order valence-corrected chi connectivity index (χ0v) is 13.8. The molecule has 22 heavy (non-hydrogen) atoms. The first kappa shape index (κ1) is 15.0. The Kier molecular flexibility index (Phi) is 3.29. The minimum atomic E-state index is -3.68. The highest BCUT2D eigenvalue weighted by Gasteiger charge is 2.37. The van der Waals surface area contributed by atoms with Crippen LogP contribution in [0.4, 0.5) is 0 Å². The molecule has 0 fully saturated rings. The number of hydrogen-bond acceptors (Lipinski definition) is 3. The molecule has 1 heterocycles. The van der Waals surface area contributed by atoms with Crippen molar-refractivity contribution in [2.24, 2.45) is 0 Å². The molecule has 0 unspecified atom stereocenters. The number of nitrogens with zero attached hydrogens (tertiary/aromatic N) is 1. The molecule has 0 atom stereocenters. The second-order valence-electron chi connectivity index (χ2n) is 6.50. The van der Waals surface area contributed by atoms with E-state index in [1.54, 1.807) is 30.3 Å². The predicted molar refractivity (Wildman–Crippen MR) is 84.8 cm³/mol. The summed E-state index contributed by atoms with van der Waals surface area (Å²) < 4.78 is 27.1. The van der Waals surface area contributed by atoms with E-state index in [0.717, 1.165) is 5.56 Å². The number of aromatic nitrogens is 1. The van der Waals surface area contributed by atoms with Crippen LogP contribution in [0.3, 0.4) is 0 Å². The van der Waals surface area contributed by atoms with Gasteiger partial charge in [-0.2, -0.15) is 0 Å². The van der Waals surface area contributed by atoms with Crippen LogP contribution in [-0.4, -0.2) is 18.2 Å². The van der Waals surface area contributed by atoms with Crippen LogP contribution in [0.2, 0.25) is 0 Å². The van der Waals surface area contributed by atoms with Gasteiger partial charge in [-0.1, -0.05) is 31.5 Å². The highest BCUT2D eigenvalue weighted by atomic mass is 32.2. The third kappa shape index (κ3) is 2.20. The number of aryl methyl sites for hydroxylation is 1. The molecule has 2 aromatic rings. The molecular formula is C17H19NO3S. The van der Waals surface area contributed by atoms with Crippen LogP contribution >= 0.6 is 0 Å². The van der Waals surface area contributed by atoms with E-state index < -0.39 is 10.0 Å². The van der Waals surface area contributed by atoms with E-state index in [0.29, 0.717) is 24.1 Å². The Morgan fingerprint density at radius 2 is 1.73 bits per heavy atom. The van der Waals surface area contributed by atoms with Crippen molar-refractivity contribution in [1.82, 2.24) is 3.97 Å². The summed E-state index contributed by atoms with van der Waals surface area (Å²) in [5, 5.41) is 0. The number of ketones is 1. The molecule has 0 radical (unpaired) electrons. The third-order valence-corrected chi connectivity index (χ3v) is 6.04. The topological polar surface area (TPSA) is 56.1 Å². The molecule has 3 rings (SSSR count). The van der Waals surface area contributed by atoms with Crippen molar-refractivity contribution in [3.8, 4) is 0 Å².